The summed E-state index contributed by atoms with van der Waals surface area (Å²) in [6.07, 6.45) is -0.0866. The van der Waals surface area contributed by atoms with E-state index in [1.807, 2.05) is 13.8 Å². The first kappa shape index (κ1) is 23.6. The van der Waals surface area contributed by atoms with Crippen molar-refractivity contribution in [2.45, 2.75) is 45.6 Å². The Hall–Kier alpha value is -2.66. The lowest BCUT2D eigenvalue weighted by Crippen LogP contribution is -2.52. The van der Waals surface area contributed by atoms with Gasteiger partial charge in [0.05, 0.1) is 11.9 Å². The zero-order valence-electron chi connectivity index (χ0n) is 18.4. The van der Waals surface area contributed by atoms with Gasteiger partial charge in [-0.15, -0.1) is 0 Å². The second kappa shape index (κ2) is 11.5. The van der Waals surface area contributed by atoms with E-state index in [-0.39, 0.29) is 6.04 Å². The predicted molar refractivity (Wildman–Crippen MR) is 122 cm³/mol. The first-order valence-corrected chi connectivity index (χ1v) is 10.3. The molecule has 30 heavy (non-hydrogen) atoms. The Morgan fingerprint density at radius 2 is 1.60 bits per heavy atom. The lowest BCUT2D eigenvalue weighted by molar-refractivity contribution is -0.0979. The number of piperidine rings is 1. The van der Waals surface area contributed by atoms with Crippen molar-refractivity contribution in [3.05, 3.63) is 83.2 Å². The summed E-state index contributed by atoms with van der Waals surface area (Å²) in [5.74, 6) is 0.790. The molecule has 0 bridgehead atoms. The van der Waals surface area contributed by atoms with Gasteiger partial charge in [-0.25, -0.2) is 4.39 Å². The highest BCUT2D eigenvalue weighted by Crippen LogP contribution is 2.24. The fourth-order valence-electron chi connectivity index (χ4n) is 3.71. The standard InChI is InChI=1S/C24H32FN3.CH2O/c1-18-5-9-21(10-6-18)15-26-20(3)28(16-22-11-7-19(2)8-12-22)24-13-14-27(4)17-23(24)25;1-2/h5-12,23-24,26H,3,13-17H2,1-2,4H3;1H2. The number of benzene rings is 2. The maximum Gasteiger partial charge on any atom is 0.133 e. The summed E-state index contributed by atoms with van der Waals surface area (Å²) in [4.78, 5) is 12.2. The van der Waals surface area contributed by atoms with Crippen molar-refractivity contribution < 1.29 is 9.18 Å². The average molecular weight is 412 g/mol. The van der Waals surface area contributed by atoms with Crippen LogP contribution in [0.4, 0.5) is 4.39 Å². The van der Waals surface area contributed by atoms with Gasteiger partial charge in [0.25, 0.3) is 0 Å². The van der Waals surface area contributed by atoms with Gasteiger partial charge >= 0.3 is 0 Å². The van der Waals surface area contributed by atoms with Crippen molar-refractivity contribution in [2.24, 2.45) is 0 Å². The molecule has 1 aliphatic heterocycles. The number of halogens is 1. The number of likely N-dealkylation sites (tertiary alicyclic amines) is 1. The van der Waals surface area contributed by atoms with Crippen LogP contribution in [0, 0.1) is 13.8 Å². The summed E-state index contributed by atoms with van der Waals surface area (Å²) in [5, 5.41) is 3.43. The predicted octanol–water partition coefficient (Wildman–Crippen LogP) is 4.22. The lowest BCUT2D eigenvalue weighted by atomic mass is 10.0. The van der Waals surface area contributed by atoms with Crippen molar-refractivity contribution in [3.8, 4) is 0 Å². The van der Waals surface area contributed by atoms with E-state index in [1.54, 1.807) is 0 Å². The first-order valence-electron chi connectivity index (χ1n) is 10.3. The quantitative estimate of drug-likeness (QED) is 0.740. The molecule has 1 fully saturated rings. The number of hydrogen-bond donors (Lipinski definition) is 1. The number of hydrogen-bond acceptors (Lipinski definition) is 4. The first-order chi connectivity index (χ1) is 14.4. The molecular formula is C25H34FN3O. The molecule has 1 saturated heterocycles. The zero-order chi connectivity index (χ0) is 22.1. The third-order valence-electron chi connectivity index (χ3n) is 5.55. The van der Waals surface area contributed by atoms with Gasteiger partial charge in [0.2, 0.25) is 0 Å². The highest BCUT2D eigenvalue weighted by atomic mass is 19.1. The lowest BCUT2D eigenvalue weighted by Gasteiger charge is -2.41. The number of alkyl halides is 1. The molecule has 0 amide bonds. The minimum Gasteiger partial charge on any atom is -0.368 e. The summed E-state index contributed by atoms with van der Waals surface area (Å²) >= 11 is 0. The normalized spacial score (nSPS) is 18.8. The van der Waals surface area contributed by atoms with E-state index in [0.29, 0.717) is 19.6 Å². The Morgan fingerprint density at radius 1 is 1.07 bits per heavy atom. The van der Waals surface area contributed by atoms with E-state index in [2.05, 4.69) is 84.1 Å². The summed E-state index contributed by atoms with van der Waals surface area (Å²) < 4.78 is 14.9. The number of carbonyl (C=O) groups excluding carboxylic acids is 1. The number of nitrogens with one attached hydrogen (secondary N) is 1. The Bertz CT molecular complexity index is 791. The smallest absolute Gasteiger partial charge is 0.133 e. The third-order valence-corrected chi connectivity index (χ3v) is 5.55. The molecule has 162 valence electrons. The SMILES string of the molecule is C=C(NCc1ccc(C)cc1)N(Cc1ccc(C)cc1)C1CCN(C)CC1F.C=O. The molecule has 0 aliphatic carbocycles. The Kier molecular flexibility index (Phi) is 9.06. The van der Waals surface area contributed by atoms with Crippen molar-refractivity contribution in [3.63, 3.8) is 0 Å². The second-order valence-corrected chi connectivity index (χ2v) is 8.03. The molecule has 0 radical (unpaired) electrons. The molecule has 1 N–H and O–H groups in total. The molecule has 5 heteroatoms. The molecule has 0 aromatic heterocycles. The number of aryl methyl sites for hydroxylation is 2. The molecule has 3 rings (SSSR count). The van der Waals surface area contributed by atoms with Gasteiger partial charge in [-0.3, -0.25) is 0 Å². The molecule has 2 atom stereocenters. The van der Waals surface area contributed by atoms with Crippen LogP contribution in [0.3, 0.4) is 0 Å². The largest absolute Gasteiger partial charge is 0.368 e. The summed E-state index contributed by atoms with van der Waals surface area (Å²) in [6, 6.07) is 16.8. The fraction of sp³-hybridized carbons (Fsp3) is 0.400. The van der Waals surface area contributed by atoms with Crippen molar-refractivity contribution in [1.29, 1.82) is 0 Å². The van der Waals surface area contributed by atoms with Crippen LogP contribution in [0.15, 0.2) is 60.9 Å². The molecule has 0 spiro atoms. The molecule has 1 aliphatic rings. The fourth-order valence-corrected chi connectivity index (χ4v) is 3.71. The zero-order valence-corrected chi connectivity index (χ0v) is 18.4. The van der Waals surface area contributed by atoms with E-state index in [9.17, 15) is 4.39 Å². The topological polar surface area (TPSA) is 35.6 Å². The van der Waals surface area contributed by atoms with Crippen molar-refractivity contribution in [2.75, 3.05) is 20.1 Å². The van der Waals surface area contributed by atoms with E-state index in [4.69, 9.17) is 4.79 Å². The van der Waals surface area contributed by atoms with Crippen LogP contribution < -0.4 is 5.32 Å². The minimum atomic E-state index is -0.887. The summed E-state index contributed by atoms with van der Waals surface area (Å²) in [6.45, 7) is 13.2. The highest BCUT2D eigenvalue weighted by molar-refractivity contribution is 5.23. The van der Waals surface area contributed by atoms with Crippen LogP contribution in [-0.2, 0) is 17.9 Å². The molecular weight excluding hydrogens is 377 g/mol. The highest BCUT2D eigenvalue weighted by Gasteiger charge is 2.33. The van der Waals surface area contributed by atoms with Crippen LogP contribution in [0.2, 0.25) is 0 Å². The Balaban J connectivity index is 0.00000155. The van der Waals surface area contributed by atoms with Crippen molar-refractivity contribution >= 4 is 6.79 Å². The number of nitrogens with zero attached hydrogens (tertiary/aromatic N) is 2. The molecule has 4 nitrogen and oxygen atoms in total. The van der Waals surface area contributed by atoms with Gasteiger partial charge in [0.1, 0.15) is 13.0 Å². The number of rotatable bonds is 7. The maximum absolute atomic E-state index is 14.9. The average Bonchev–Trinajstić information content (AvgIpc) is 2.75. The maximum atomic E-state index is 14.9. The van der Waals surface area contributed by atoms with Gasteiger partial charge in [-0.1, -0.05) is 66.2 Å². The van der Waals surface area contributed by atoms with Gasteiger partial charge in [0.15, 0.2) is 0 Å². The van der Waals surface area contributed by atoms with Crippen LogP contribution in [0.5, 0.6) is 0 Å². The van der Waals surface area contributed by atoms with Crippen LogP contribution >= 0.6 is 0 Å². The minimum absolute atomic E-state index is 0.157. The summed E-state index contributed by atoms with van der Waals surface area (Å²) in [5.41, 5.74) is 4.85. The van der Waals surface area contributed by atoms with Crippen LogP contribution in [0.25, 0.3) is 0 Å². The van der Waals surface area contributed by atoms with E-state index >= 15 is 0 Å². The van der Waals surface area contributed by atoms with Gasteiger partial charge in [-0.2, -0.15) is 0 Å². The van der Waals surface area contributed by atoms with Gasteiger partial charge < -0.3 is 19.9 Å². The molecule has 0 saturated carbocycles. The van der Waals surface area contributed by atoms with Gasteiger partial charge in [-0.05, 0) is 38.4 Å². The van der Waals surface area contributed by atoms with Gasteiger partial charge in [0, 0.05) is 26.2 Å². The van der Waals surface area contributed by atoms with E-state index in [0.717, 1.165) is 18.8 Å². The monoisotopic (exact) mass is 411 g/mol. The molecule has 2 aromatic carbocycles. The van der Waals surface area contributed by atoms with Crippen LogP contribution in [-0.4, -0.2) is 48.9 Å². The number of carbonyl (C=O) groups is 1. The van der Waals surface area contributed by atoms with E-state index in [1.165, 1.54) is 22.3 Å². The molecule has 2 aromatic rings. The summed E-state index contributed by atoms with van der Waals surface area (Å²) in [7, 11) is 1.98. The molecule has 2 unspecified atom stereocenters. The van der Waals surface area contributed by atoms with Crippen LogP contribution in [0.1, 0.15) is 28.7 Å². The van der Waals surface area contributed by atoms with E-state index < -0.39 is 6.17 Å². The third kappa shape index (κ3) is 6.70. The Labute approximate surface area is 180 Å². The Morgan fingerprint density at radius 3 is 2.13 bits per heavy atom. The second-order valence-electron chi connectivity index (χ2n) is 8.03. The molecule has 1 heterocycles. The van der Waals surface area contributed by atoms with Crippen molar-refractivity contribution in [1.82, 2.24) is 15.1 Å².